The molecular formula is C30H54N2O4. The third-order valence-electron chi connectivity index (χ3n) is 9.23. The minimum atomic E-state index is -0.101. The average molecular weight is 507 g/mol. The zero-order valence-electron chi connectivity index (χ0n) is 24.7. The molecule has 5 fully saturated rings. The smallest absolute Gasteiger partial charge is 0.325 e. The molecule has 0 unspecified atom stereocenters. The average Bonchev–Trinajstić information content (AvgIpc) is 2.65. The van der Waals surface area contributed by atoms with E-state index in [1.54, 1.807) is 0 Å². The fourth-order valence-electron chi connectivity index (χ4n) is 9.23. The van der Waals surface area contributed by atoms with Crippen LogP contribution in [0.15, 0.2) is 0 Å². The molecule has 5 aliphatic heterocycles. The number of carbonyl (C=O) groups excluding carboxylic acids is 2. The van der Waals surface area contributed by atoms with Crippen LogP contribution in [-0.2, 0) is 19.3 Å². The lowest BCUT2D eigenvalue weighted by atomic mass is 9.48. The van der Waals surface area contributed by atoms with Crippen LogP contribution in [0.4, 0.5) is 0 Å². The van der Waals surface area contributed by atoms with Crippen molar-refractivity contribution in [1.29, 1.82) is 0 Å². The molecule has 0 spiro atoms. The summed E-state index contributed by atoms with van der Waals surface area (Å²) >= 11 is 0. The Morgan fingerprint density at radius 1 is 0.556 bits per heavy atom. The molecule has 6 nitrogen and oxygen atoms in total. The van der Waals surface area contributed by atoms with Gasteiger partial charge in [-0.3, -0.25) is 9.59 Å². The van der Waals surface area contributed by atoms with Crippen molar-refractivity contribution in [3.05, 3.63) is 0 Å². The van der Waals surface area contributed by atoms with E-state index in [-0.39, 0.29) is 33.6 Å². The summed E-state index contributed by atoms with van der Waals surface area (Å²) in [6.07, 6.45) is 6.89. The molecule has 0 aromatic carbocycles. The van der Waals surface area contributed by atoms with Crippen LogP contribution in [-0.4, -0.2) is 48.2 Å². The normalized spacial score (nSPS) is 37.4. The monoisotopic (exact) mass is 506 g/mol. The number of rotatable bonds is 0. The third kappa shape index (κ3) is 6.83. The Morgan fingerprint density at radius 2 is 0.833 bits per heavy atom. The first kappa shape index (κ1) is 29.4. The van der Waals surface area contributed by atoms with Gasteiger partial charge in [-0.2, -0.15) is 0 Å². The van der Waals surface area contributed by atoms with E-state index in [4.69, 9.17) is 9.68 Å². The SMILES string of the molecule is CC1C2C(C)(C)CN(CC2(C)C)OC(=O)CCCCCCCCC(=O)ON2CC(C)(C)C1C(C)(C)C2. The van der Waals surface area contributed by atoms with Gasteiger partial charge >= 0.3 is 11.9 Å². The maximum absolute atomic E-state index is 12.7. The van der Waals surface area contributed by atoms with Gasteiger partial charge in [-0.1, -0.05) is 88.0 Å². The first-order chi connectivity index (χ1) is 16.6. The van der Waals surface area contributed by atoms with E-state index >= 15 is 0 Å². The van der Waals surface area contributed by atoms with Gasteiger partial charge in [-0.25, -0.2) is 0 Å². The highest BCUT2D eigenvalue weighted by Crippen LogP contribution is 2.58. The van der Waals surface area contributed by atoms with Crippen molar-refractivity contribution in [2.45, 2.75) is 114 Å². The molecule has 0 saturated carbocycles. The Hall–Kier alpha value is -1.14. The molecule has 5 heterocycles. The second kappa shape index (κ2) is 10.9. The minimum absolute atomic E-state index is 0.0179. The van der Waals surface area contributed by atoms with E-state index in [2.05, 4.69) is 62.3 Å². The van der Waals surface area contributed by atoms with Crippen LogP contribution in [0.1, 0.15) is 114 Å². The summed E-state index contributed by atoms with van der Waals surface area (Å²) in [5, 5.41) is 3.90. The lowest BCUT2D eigenvalue weighted by molar-refractivity contribution is -0.251. The highest BCUT2D eigenvalue weighted by atomic mass is 16.7. The van der Waals surface area contributed by atoms with E-state index in [0.29, 0.717) is 30.6 Å². The molecule has 0 amide bonds. The Labute approximate surface area is 220 Å². The van der Waals surface area contributed by atoms with Crippen LogP contribution in [0.3, 0.4) is 0 Å². The van der Waals surface area contributed by atoms with E-state index in [1.165, 1.54) is 0 Å². The molecule has 0 N–H and O–H groups in total. The first-order valence-corrected chi connectivity index (χ1v) is 14.5. The Kier molecular flexibility index (Phi) is 8.92. The molecule has 5 rings (SSSR count). The van der Waals surface area contributed by atoms with Crippen molar-refractivity contribution in [3.63, 3.8) is 0 Å². The number of nitrogens with zero attached hydrogens (tertiary/aromatic N) is 2. The van der Waals surface area contributed by atoms with Gasteiger partial charge < -0.3 is 9.68 Å². The minimum Gasteiger partial charge on any atom is -0.368 e. The van der Waals surface area contributed by atoms with E-state index in [0.717, 1.165) is 64.7 Å². The highest BCUT2D eigenvalue weighted by molar-refractivity contribution is 5.69. The summed E-state index contributed by atoms with van der Waals surface area (Å²) < 4.78 is 0. The predicted molar refractivity (Wildman–Crippen MR) is 144 cm³/mol. The van der Waals surface area contributed by atoms with E-state index in [1.807, 2.05) is 10.1 Å². The van der Waals surface area contributed by atoms with Crippen LogP contribution in [0.2, 0.25) is 0 Å². The number of hydrogen-bond donors (Lipinski definition) is 0. The molecule has 6 heteroatoms. The number of hydrogen-bond acceptors (Lipinski definition) is 6. The fraction of sp³-hybridized carbons (Fsp3) is 0.933. The van der Waals surface area contributed by atoms with Gasteiger partial charge in [0.25, 0.3) is 0 Å². The summed E-state index contributed by atoms with van der Waals surface area (Å²) in [7, 11) is 0. The van der Waals surface area contributed by atoms with Crippen LogP contribution >= 0.6 is 0 Å². The summed E-state index contributed by atoms with van der Waals surface area (Å²) in [6.45, 7) is 24.3. The lowest BCUT2D eigenvalue weighted by Crippen LogP contribution is -2.63. The second-order valence-electron chi connectivity index (χ2n) is 14.9. The summed E-state index contributed by atoms with van der Waals surface area (Å²) in [5.41, 5.74) is -0.0716. The largest absolute Gasteiger partial charge is 0.368 e. The topological polar surface area (TPSA) is 59.1 Å². The summed E-state index contributed by atoms with van der Waals surface area (Å²) in [5.74, 6) is 1.15. The maximum Gasteiger partial charge on any atom is 0.325 e. The van der Waals surface area contributed by atoms with E-state index in [9.17, 15) is 9.59 Å². The number of fused-ring (bicyclic) bond motifs is 2. The fourth-order valence-corrected chi connectivity index (χ4v) is 9.23. The van der Waals surface area contributed by atoms with Gasteiger partial charge in [0.1, 0.15) is 0 Å². The first-order valence-electron chi connectivity index (χ1n) is 14.5. The standard InChI is InChI=1S/C30H54N2O4/c1-22-25-27(2,3)18-31(19-28(25,4)5)35-23(33)16-14-12-10-11-13-15-17-24(34)36-32-20-29(6,7)26(22)30(8,9)21-32/h22,25-26H,10-21H2,1-9H3. The van der Waals surface area contributed by atoms with Crippen LogP contribution in [0.25, 0.3) is 0 Å². The van der Waals surface area contributed by atoms with Crippen molar-refractivity contribution in [2.24, 2.45) is 39.4 Å². The molecule has 0 aromatic heterocycles. The quantitative estimate of drug-likeness (QED) is 0.367. The van der Waals surface area contributed by atoms with Gasteiger partial charge in [-0.15, -0.1) is 10.1 Å². The Bertz CT molecular complexity index is 688. The number of hydroxylamine groups is 4. The Morgan fingerprint density at radius 3 is 1.14 bits per heavy atom. The molecular weight excluding hydrogens is 452 g/mol. The lowest BCUT2D eigenvalue weighted by Gasteiger charge is -2.61. The molecule has 5 aliphatic rings. The van der Waals surface area contributed by atoms with E-state index < -0.39 is 0 Å². The molecule has 0 aliphatic carbocycles. The van der Waals surface area contributed by atoms with Gasteiger partial charge in [0.2, 0.25) is 0 Å². The summed E-state index contributed by atoms with van der Waals surface area (Å²) in [6, 6.07) is 0. The third-order valence-corrected chi connectivity index (χ3v) is 9.23. The van der Waals surface area contributed by atoms with Crippen LogP contribution in [0, 0.1) is 39.4 Å². The molecule has 208 valence electrons. The molecule has 4 bridgehead atoms. The highest BCUT2D eigenvalue weighted by Gasteiger charge is 2.57. The van der Waals surface area contributed by atoms with Crippen molar-refractivity contribution in [3.8, 4) is 0 Å². The molecule has 0 radical (unpaired) electrons. The zero-order chi connectivity index (χ0) is 26.9. The maximum atomic E-state index is 12.7. The number of piperidine rings is 2. The van der Waals surface area contributed by atoms with Crippen molar-refractivity contribution >= 4 is 11.9 Å². The van der Waals surface area contributed by atoms with Crippen molar-refractivity contribution in [1.82, 2.24) is 10.1 Å². The van der Waals surface area contributed by atoms with Crippen molar-refractivity contribution < 1.29 is 19.3 Å². The Balaban J connectivity index is 1.90. The van der Waals surface area contributed by atoms with Crippen LogP contribution < -0.4 is 0 Å². The molecule has 0 atom stereocenters. The van der Waals surface area contributed by atoms with Gasteiger partial charge in [0.05, 0.1) is 0 Å². The van der Waals surface area contributed by atoms with Gasteiger partial charge in [-0.05, 0) is 52.3 Å². The van der Waals surface area contributed by atoms with Crippen LogP contribution in [0.5, 0.6) is 0 Å². The molecule has 5 saturated heterocycles. The molecule has 0 aromatic rings. The van der Waals surface area contributed by atoms with Crippen molar-refractivity contribution in [2.75, 3.05) is 26.2 Å². The predicted octanol–water partition coefficient (Wildman–Crippen LogP) is 6.64. The number of carbonyl (C=O) groups is 2. The van der Waals surface area contributed by atoms with Gasteiger partial charge in [0, 0.05) is 39.0 Å². The summed E-state index contributed by atoms with van der Waals surface area (Å²) in [4.78, 5) is 37.2. The zero-order valence-corrected chi connectivity index (χ0v) is 24.7. The second-order valence-corrected chi connectivity index (χ2v) is 14.9. The van der Waals surface area contributed by atoms with Gasteiger partial charge in [0.15, 0.2) is 0 Å². The molecule has 36 heavy (non-hydrogen) atoms.